The van der Waals surface area contributed by atoms with Crippen LogP contribution in [0.3, 0.4) is 0 Å². The summed E-state index contributed by atoms with van der Waals surface area (Å²) in [5.41, 5.74) is 7.37. The molecule has 0 N–H and O–H groups in total. The maximum absolute atomic E-state index is 5.29. The van der Waals surface area contributed by atoms with Gasteiger partial charge in [0.2, 0.25) is 0 Å². The summed E-state index contributed by atoms with van der Waals surface area (Å²) in [6.45, 7) is 0. The minimum atomic E-state index is 0.697. The van der Waals surface area contributed by atoms with Crippen LogP contribution in [0.5, 0.6) is 0 Å². The van der Waals surface area contributed by atoms with Gasteiger partial charge in [0.05, 0.1) is 22.1 Å². The zero-order valence-corrected chi connectivity index (χ0v) is 23.1. The van der Waals surface area contributed by atoms with Crippen LogP contribution in [-0.2, 0) is 0 Å². The second-order valence-corrected chi connectivity index (χ2v) is 10.9. The summed E-state index contributed by atoms with van der Waals surface area (Å²) in [5, 5.41) is 7.00. The molecule has 0 radical (unpaired) electrons. The highest BCUT2D eigenvalue weighted by Gasteiger charge is 2.18. The van der Waals surface area contributed by atoms with E-state index in [1.807, 2.05) is 18.3 Å². The monoisotopic (exact) mass is 548 g/mol. The Morgan fingerprint density at radius 2 is 1.16 bits per heavy atom. The van der Waals surface area contributed by atoms with Crippen molar-refractivity contribution in [1.29, 1.82) is 0 Å². The second-order valence-electron chi connectivity index (χ2n) is 10.9. The smallest absolute Gasteiger partial charge is 0.162 e. The van der Waals surface area contributed by atoms with Crippen molar-refractivity contribution in [2.75, 3.05) is 0 Å². The fourth-order valence-corrected chi connectivity index (χ4v) is 6.38. The van der Waals surface area contributed by atoms with Crippen LogP contribution in [0, 0.1) is 0 Å². The molecule has 9 rings (SSSR count). The number of nitrogens with zero attached hydrogens (tertiary/aromatic N) is 4. The van der Waals surface area contributed by atoms with Crippen LogP contribution >= 0.6 is 0 Å². The van der Waals surface area contributed by atoms with Crippen molar-refractivity contribution in [2.45, 2.75) is 0 Å². The Labute approximate surface area is 247 Å². The van der Waals surface area contributed by atoms with Crippen LogP contribution in [0.1, 0.15) is 0 Å². The minimum absolute atomic E-state index is 0.697. The maximum Gasteiger partial charge on any atom is 0.162 e. The molecule has 0 saturated heterocycles. The molecule has 0 bridgehead atoms. The Bertz CT molecular complexity index is 2500. The molecule has 43 heavy (non-hydrogen) atoms. The fraction of sp³-hybridized carbons (Fsp3) is 0. The van der Waals surface area contributed by atoms with Gasteiger partial charge in [-0.25, -0.2) is 9.97 Å². The van der Waals surface area contributed by atoms with Crippen molar-refractivity contribution in [3.63, 3.8) is 0 Å². The van der Waals surface area contributed by atoms with Gasteiger partial charge in [0.15, 0.2) is 5.82 Å². The molecule has 6 aromatic carbocycles. The number of hydrogen-bond donors (Lipinski definition) is 0. The molecule has 0 aliphatic rings. The van der Waals surface area contributed by atoms with E-state index in [0.717, 1.165) is 55.3 Å². The van der Waals surface area contributed by atoms with Gasteiger partial charge in [0, 0.05) is 38.9 Å². The third-order valence-corrected chi connectivity index (χ3v) is 8.42. The zero-order chi connectivity index (χ0) is 28.3. The maximum atomic E-state index is 5.29. The van der Waals surface area contributed by atoms with Crippen molar-refractivity contribution in [3.8, 4) is 28.3 Å². The first kappa shape index (κ1) is 23.8. The van der Waals surface area contributed by atoms with Crippen LogP contribution in [0.4, 0.5) is 0 Å². The highest BCUT2D eigenvalue weighted by Crippen LogP contribution is 2.37. The summed E-state index contributed by atoms with van der Waals surface area (Å²) in [6, 6.07) is 48.9. The summed E-state index contributed by atoms with van der Waals surface area (Å²) in [6.07, 6.45) is 1.85. The van der Waals surface area contributed by atoms with Gasteiger partial charge in [-0.2, -0.15) is 0 Å². The number of fused-ring (bicyclic) bond motifs is 6. The van der Waals surface area contributed by atoms with Gasteiger partial charge in [-0.05, 0) is 52.7 Å². The average molecular weight is 549 g/mol. The van der Waals surface area contributed by atoms with E-state index in [2.05, 4.69) is 137 Å². The minimum Gasteiger partial charge on any atom is -0.293 e. The standard InChI is InChI=1S/C39H24N4/c1-2-10-29-24-36-33(23-28(29)9-1)31-13-4-6-17-35(31)43(36)39-32-14-3-5-16-34(32)41-38(42-39)27-20-18-25(19-21-27)30-15-7-11-26-12-8-22-40-37(26)30/h1-24H. The lowest BCUT2D eigenvalue weighted by Gasteiger charge is -2.13. The first-order valence-corrected chi connectivity index (χ1v) is 14.5. The molecule has 0 fully saturated rings. The lowest BCUT2D eigenvalue weighted by atomic mass is 10.0. The van der Waals surface area contributed by atoms with Crippen LogP contribution in [0.15, 0.2) is 146 Å². The quantitative estimate of drug-likeness (QED) is 0.221. The molecule has 4 heteroatoms. The number of para-hydroxylation sites is 3. The zero-order valence-electron chi connectivity index (χ0n) is 23.1. The summed E-state index contributed by atoms with van der Waals surface area (Å²) in [4.78, 5) is 15.0. The van der Waals surface area contributed by atoms with Crippen LogP contribution < -0.4 is 0 Å². The Hall–Kier alpha value is -5.87. The van der Waals surface area contributed by atoms with Gasteiger partial charge < -0.3 is 0 Å². The SMILES string of the molecule is c1ccc2cc3c(cc2c1)c1ccccc1n3-c1nc(-c2ccc(-c3cccc4cccnc34)cc2)nc2ccccc12. The van der Waals surface area contributed by atoms with Crippen LogP contribution in [0.2, 0.25) is 0 Å². The van der Waals surface area contributed by atoms with E-state index in [4.69, 9.17) is 9.97 Å². The highest BCUT2D eigenvalue weighted by atomic mass is 15.1. The fourth-order valence-electron chi connectivity index (χ4n) is 6.38. The molecule has 0 atom stereocenters. The number of rotatable bonds is 3. The summed E-state index contributed by atoms with van der Waals surface area (Å²) < 4.78 is 2.31. The Balaban J connectivity index is 1.27. The lowest BCUT2D eigenvalue weighted by molar-refractivity contribution is 1.08. The van der Waals surface area contributed by atoms with Gasteiger partial charge in [-0.3, -0.25) is 9.55 Å². The van der Waals surface area contributed by atoms with Crippen molar-refractivity contribution >= 4 is 54.4 Å². The predicted molar refractivity (Wildman–Crippen MR) is 178 cm³/mol. The molecule has 0 unspecified atom stereocenters. The molecule has 0 spiro atoms. The lowest BCUT2D eigenvalue weighted by Crippen LogP contribution is -2.02. The molecule has 0 aliphatic carbocycles. The number of hydrogen-bond acceptors (Lipinski definition) is 3. The first-order valence-electron chi connectivity index (χ1n) is 14.5. The van der Waals surface area contributed by atoms with Gasteiger partial charge in [0.25, 0.3) is 0 Å². The summed E-state index contributed by atoms with van der Waals surface area (Å²) in [7, 11) is 0. The molecule has 200 valence electrons. The van der Waals surface area contributed by atoms with Gasteiger partial charge in [-0.15, -0.1) is 0 Å². The van der Waals surface area contributed by atoms with E-state index in [1.165, 1.54) is 21.5 Å². The second kappa shape index (κ2) is 9.33. The van der Waals surface area contributed by atoms with Crippen molar-refractivity contribution in [2.24, 2.45) is 0 Å². The molecule has 0 aliphatic heterocycles. The van der Waals surface area contributed by atoms with Crippen molar-refractivity contribution < 1.29 is 0 Å². The van der Waals surface area contributed by atoms with E-state index < -0.39 is 0 Å². The van der Waals surface area contributed by atoms with Crippen molar-refractivity contribution in [1.82, 2.24) is 19.5 Å². The normalized spacial score (nSPS) is 11.7. The Morgan fingerprint density at radius 3 is 2.05 bits per heavy atom. The van der Waals surface area contributed by atoms with E-state index >= 15 is 0 Å². The van der Waals surface area contributed by atoms with Gasteiger partial charge in [0.1, 0.15) is 5.82 Å². The Kier molecular flexibility index (Phi) is 5.16. The molecule has 3 aromatic heterocycles. The van der Waals surface area contributed by atoms with Gasteiger partial charge in [-0.1, -0.05) is 103 Å². The number of benzene rings is 6. The largest absolute Gasteiger partial charge is 0.293 e. The molecule has 0 amide bonds. The molecular weight excluding hydrogens is 524 g/mol. The van der Waals surface area contributed by atoms with E-state index in [1.54, 1.807) is 0 Å². The first-order chi connectivity index (χ1) is 21.3. The predicted octanol–water partition coefficient (Wildman–Crippen LogP) is 9.76. The van der Waals surface area contributed by atoms with E-state index in [-0.39, 0.29) is 0 Å². The van der Waals surface area contributed by atoms with Crippen LogP contribution in [-0.4, -0.2) is 19.5 Å². The molecule has 0 saturated carbocycles. The summed E-state index contributed by atoms with van der Waals surface area (Å²) >= 11 is 0. The molecular formula is C39H24N4. The Morgan fingerprint density at radius 1 is 0.465 bits per heavy atom. The summed E-state index contributed by atoms with van der Waals surface area (Å²) in [5.74, 6) is 1.58. The number of aromatic nitrogens is 4. The molecule has 3 heterocycles. The van der Waals surface area contributed by atoms with Crippen molar-refractivity contribution in [3.05, 3.63) is 146 Å². The molecule has 4 nitrogen and oxygen atoms in total. The van der Waals surface area contributed by atoms with Crippen LogP contribution in [0.25, 0.3) is 82.7 Å². The molecule has 9 aromatic rings. The van der Waals surface area contributed by atoms with E-state index in [0.29, 0.717) is 5.82 Å². The third kappa shape index (κ3) is 3.74. The number of pyridine rings is 1. The van der Waals surface area contributed by atoms with Gasteiger partial charge >= 0.3 is 0 Å². The topological polar surface area (TPSA) is 43.6 Å². The van der Waals surface area contributed by atoms with E-state index in [9.17, 15) is 0 Å². The third-order valence-electron chi connectivity index (χ3n) is 8.42. The highest BCUT2D eigenvalue weighted by molar-refractivity contribution is 6.14. The average Bonchev–Trinajstić information content (AvgIpc) is 3.39.